The van der Waals surface area contributed by atoms with Crippen LogP contribution in [0.1, 0.15) is 43.6 Å². The molecule has 2 aliphatic heterocycles. The lowest BCUT2D eigenvalue weighted by molar-refractivity contribution is -0.131. The van der Waals surface area contributed by atoms with Gasteiger partial charge in [-0.1, -0.05) is 30.3 Å². The van der Waals surface area contributed by atoms with Crippen LogP contribution in [0.15, 0.2) is 30.3 Å². The number of nitrogens with zero attached hydrogens (tertiary/aromatic N) is 2. The Morgan fingerprint density at radius 2 is 1.75 bits per heavy atom. The van der Waals surface area contributed by atoms with Crippen LogP contribution in [-0.4, -0.2) is 54.5 Å². The van der Waals surface area contributed by atoms with Crippen molar-refractivity contribution in [1.29, 1.82) is 0 Å². The van der Waals surface area contributed by atoms with Crippen molar-refractivity contribution in [2.75, 3.05) is 32.7 Å². The molecule has 1 atom stereocenters. The van der Waals surface area contributed by atoms with Gasteiger partial charge in [-0.25, -0.2) is 4.79 Å². The molecular weight excluding hydrogens is 302 g/mol. The number of rotatable bonds is 4. The fourth-order valence-electron chi connectivity index (χ4n) is 3.63. The smallest absolute Gasteiger partial charge is 0.317 e. The zero-order valence-corrected chi connectivity index (χ0v) is 14.2. The number of carbonyl (C=O) groups is 2. The van der Waals surface area contributed by atoms with Crippen LogP contribution in [0.4, 0.5) is 4.79 Å². The van der Waals surface area contributed by atoms with Gasteiger partial charge in [0.1, 0.15) is 0 Å². The van der Waals surface area contributed by atoms with Crippen LogP contribution in [-0.2, 0) is 4.79 Å². The van der Waals surface area contributed by atoms with E-state index in [1.54, 1.807) is 0 Å². The first-order valence-corrected chi connectivity index (χ1v) is 9.09. The number of nitrogens with one attached hydrogen (secondary N) is 1. The van der Waals surface area contributed by atoms with Crippen molar-refractivity contribution >= 4 is 11.9 Å². The van der Waals surface area contributed by atoms with Crippen LogP contribution in [0.2, 0.25) is 0 Å². The number of amides is 3. The Morgan fingerprint density at radius 1 is 1.00 bits per heavy atom. The summed E-state index contributed by atoms with van der Waals surface area (Å²) in [7, 11) is 0. The average molecular weight is 329 g/mol. The topological polar surface area (TPSA) is 52.7 Å². The van der Waals surface area contributed by atoms with E-state index in [0.717, 1.165) is 45.4 Å². The van der Waals surface area contributed by atoms with Gasteiger partial charge in [0.15, 0.2) is 0 Å². The first-order valence-electron chi connectivity index (χ1n) is 9.09. The van der Waals surface area contributed by atoms with Gasteiger partial charge in [-0.15, -0.1) is 0 Å². The molecule has 1 aromatic rings. The third kappa shape index (κ3) is 4.28. The predicted octanol–water partition coefficient (Wildman–Crippen LogP) is 2.59. The summed E-state index contributed by atoms with van der Waals surface area (Å²) in [6, 6.07) is 10.3. The van der Waals surface area contributed by atoms with Crippen LogP contribution in [0.25, 0.3) is 0 Å². The van der Waals surface area contributed by atoms with Crippen molar-refractivity contribution in [2.24, 2.45) is 0 Å². The van der Waals surface area contributed by atoms with E-state index in [9.17, 15) is 9.59 Å². The van der Waals surface area contributed by atoms with Gasteiger partial charge in [0.25, 0.3) is 0 Å². The van der Waals surface area contributed by atoms with E-state index in [-0.39, 0.29) is 11.9 Å². The molecule has 130 valence electrons. The maximum atomic E-state index is 12.3. The lowest BCUT2D eigenvalue weighted by Gasteiger charge is -2.27. The summed E-state index contributed by atoms with van der Waals surface area (Å²) in [5.74, 6) is 0.588. The Kier molecular flexibility index (Phi) is 5.72. The number of urea groups is 1. The molecule has 1 aromatic carbocycles. The second-order valence-corrected chi connectivity index (χ2v) is 6.77. The second kappa shape index (κ2) is 8.18. The zero-order valence-electron chi connectivity index (χ0n) is 14.2. The molecule has 3 amide bonds. The number of hydrogen-bond acceptors (Lipinski definition) is 2. The molecule has 5 heteroatoms. The summed E-state index contributed by atoms with van der Waals surface area (Å²) in [4.78, 5) is 28.2. The molecule has 0 saturated carbocycles. The number of piperidine rings is 1. The molecule has 2 heterocycles. The van der Waals surface area contributed by atoms with E-state index in [4.69, 9.17) is 0 Å². The maximum Gasteiger partial charge on any atom is 0.317 e. The van der Waals surface area contributed by atoms with Gasteiger partial charge < -0.3 is 15.1 Å². The molecule has 0 aliphatic carbocycles. The predicted molar refractivity (Wildman–Crippen MR) is 93.8 cm³/mol. The van der Waals surface area contributed by atoms with E-state index in [0.29, 0.717) is 18.9 Å². The third-order valence-electron chi connectivity index (χ3n) is 5.07. The van der Waals surface area contributed by atoms with Crippen molar-refractivity contribution in [3.05, 3.63) is 35.9 Å². The average Bonchev–Trinajstić information content (AvgIpc) is 3.13. The fraction of sp³-hybridized carbons (Fsp3) is 0.579. The van der Waals surface area contributed by atoms with Crippen LogP contribution >= 0.6 is 0 Å². The minimum Gasteiger partial charge on any atom is -0.343 e. The molecule has 2 saturated heterocycles. The van der Waals surface area contributed by atoms with Crippen LogP contribution in [0.5, 0.6) is 0 Å². The molecule has 0 bridgehead atoms. The van der Waals surface area contributed by atoms with E-state index in [1.165, 1.54) is 12.0 Å². The summed E-state index contributed by atoms with van der Waals surface area (Å²) in [5.41, 5.74) is 1.30. The van der Waals surface area contributed by atoms with E-state index in [1.807, 2.05) is 28.0 Å². The van der Waals surface area contributed by atoms with Gasteiger partial charge >= 0.3 is 6.03 Å². The normalized spacial score (nSPS) is 20.9. The molecule has 1 N–H and O–H groups in total. The lowest BCUT2D eigenvalue weighted by atomic mass is 9.99. The summed E-state index contributed by atoms with van der Waals surface area (Å²) in [6.45, 7) is 3.72. The maximum absolute atomic E-state index is 12.3. The van der Waals surface area contributed by atoms with Gasteiger partial charge in [-0.3, -0.25) is 4.79 Å². The highest BCUT2D eigenvalue weighted by Gasteiger charge is 2.27. The molecular formula is C19H27N3O2. The number of benzene rings is 1. The summed E-state index contributed by atoms with van der Waals surface area (Å²) < 4.78 is 0. The van der Waals surface area contributed by atoms with Gasteiger partial charge in [0, 0.05) is 45.1 Å². The van der Waals surface area contributed by atoms with E-state index >= 15 is 0 Å². The van der Waals surface area contributed by atoms with Crippen LogP contribution in [0, 0.1) is 0 Å². The Hall–Kier alpha value is -2.04. The van der Waals surface area contributed by atoms with Gasteiger partial charge in [0.2, 0.25) is 5.91 Å². The molecule has 2 fully saturated rings. The highest BCUT2D eigenvalue weighted by molar-refractivity contribution is 5.78. The van der Waals surface area contributed by atoms with Gasteiger partial charge in [-0.2, -0.15) is 0 Å². The molecule has 0 radical (unpaired) electrons. The van der Waals surface area contributed by atoms with Crippen molar-refractivity contribution in [3.8, 4) is 0 Å². The molecule has 0 aromatic heterocycles. The Labute approximate surface area is 144 Å². The fourth-order valence-corrected chi connectivity index (χ4v) is 3.63. The number of likely N-dealkylation sites (tertiary alicyclic amines) is 2. The Balaban J connectivity index is 1.39. The monoisotopic (exact) mass is 329 g/mol. The molecule has 3 rings (SSSR count). The molecule has 24 heavy (non-hydrogen) atoms. The lowest BCUT2D eigenvalue weighted by Crippen LogP contribution is -2.41. The van der Waals surface area contributed by atoms with E-state index in [2.05, 4.69) is 17.4 Å². The van der Waals surface area contributed by atoms with Crippen molar-refractivity contribution in [2.45, 2.75) is 38.0 Å². The van der Waals surface area contributed by atoms with Crippen molar-refractivity contribution in [1.82, 2.24) is 15.1 Å². The molecule has 1 unspecified atom stereocenters. The van der Waals surface area contributed by atoms with Gasteiger partial charge in [-0.05, 0) is 31.2 Å². The summed E-state index contributed by atoms with van der Waals surface area (Å²) in [6.07, 6.45) is 4.84. The summed E-state index contributed by atoms with van der Waals surface area (Å²) >= 11 is 0. The Morgan fingerprint density at radius 3 is 2.50 bits per heavy atom. The van der Waals surface area contributed by atoms with Crippen LogP contribution in [0.3, 0.4) is 0 Å². The SMILES string of the molecule is O=C(CCNC(=O)N1CCC(c2ccccc2)C1)N1CCCCC1. The minimum absolute atomic E-state index is 0.0418. The largest absolute Gasteiger partial charge is 0.343 e. The highest BCUT2D eigenvalue weighted by atomic mass is 16.2. The molecule has 5 nitrogen and oxygen atoms in total. The second-order valence-electron chi connectivity index (χ2n) is 6.77. The minimum atomic E-state index is -0.0418. The van der Waals surface area contributed by atoms with Gasteiger partial charge in [0.05, 0.1) is 0 Å². The number of carbonyl (C=O) groups excluding carboxylic acids is 2. The molecule has 2 aliphatic rings. The van der Waals surface area contributed by atoms with Crippen molar-refractivity contribution in [3.63, 3.8) is 0 Å². The first kappa shape index (κ1) is 16.8. The third-order valence-corrected chi connectivity index (χ3v) is 5.07. The van der Waals surface area contributed by atoms with E-state index < -0.39 is 0 Å². The summed E-state index contributed by atoms with van der Waals surface area (Å²) in [5, 5.41) is 2.91. The first-order chi connectivity index (χ1) is 11.7. The number of hydrogen-bond donors (Lipinski definition) is 1. The molecule has 0 spiro atoms. The Bertz CT molecular complexity index is 555. The zero-order chi connectivity index (χ0) is 16.8. The highest BCUT2D eigenvalue weighted by Crippen LogP contribution is 2.26. The van der Waals surface area contributed by atoms with Crippen LogP contribution < -0.4 is 5.32 Å². The quantitative estimate of drug-likeness (QED) is 0.923. The van der Waals surface area contributed by atoms with Crippen molar-refractivity contribution < 1.29 is 9.59 Å². The standard InChI is InChI=1S/C19H27N3O2/c23-18(21-12-5-2-6-13-21)9-11-20-19(24)22-14-10-17(15-22)16-7-3-1-4-8-16/h1,3-4,7-8,17H,2,5-6,9-15H2,(H,20,24).